The van der Waals surface area contributed by atoms with Crippen LogP contribution in [0.2, 0.25) is 10.0 Å². The smallest absolute Gasteiger partial charge is 0.180 e. The molecule has 1 unspecified atom stereocenters. The van der Waals surface area contributed by atoms with Crippen LogP contribution in [-0.2, 0) is 7.05 Å². The van der Waals surface area contributed by atoms with Gasteiger partial charge in [0, 0.05) is 22.5 Å². The van der Waals surface area contributed by atoms with Gasteiger partial charge in [0.1, 0.15) is 12.2 Å². The van der Waals surface area contributed by atoms with Crippen LogP contribution in [0.25, 0.3) is 27.7 Å². The maximum Gasteiger partial charge on any atom is 0.180 e. The zero-order valence-electron chi connectivity index (χ0n) is 18.0. The lowest BCUT2D eigenvalue weighted by Crippen LogP contribution is -2.10. The molecule has 0 aliphatic rings. The number of aromatic nitrogens is 7. The molecule has 9 heteroatoms. The zero-order valence-corrected chi connectivity index (χ0v) is 19.5. The second-order valence-electron chi connectivity index (χ2n) is 8.08. The number of tetrazole rings is 1. The molecule has 3 aromatic heterocycles. The highest BCUT2D eigenvalue weighted by Gasteiger charge is 2.23. The van der Waals surface area contributed by atoms with Crippen LogP contribution in [0.5, 0.6) is 0 Å². The molecule has 0 spiro atoms. The monoisotopic (exact) mass is 485 g/mol. The third-order valence-electron chi connectivity index (χ3n) is 5.98. The first-order valence-corrected chi connectivity index (χ1v) is 11.3. The number of hydrogen-bond acceptors (Lipinski definition) is 5. The van der Waals surface area contributed by atoms with Gasteiger partial charge < -0.3 is 4.57 Å². The van der Waals surface area contributed by atoms with Crippen LogP contribution in [0.4, 0.5) is 0 Å². The highest BCUT2D eigenvalue weighted by Crippen LogP contribution is 2.36. The molecule has 7 nitrogen and oxygen atoms in total. The molecule has 0 amide bonds. The molecule has 34 heavy (non-hydrogen) atoms. The number of nitrogens with zero attached hydrogens (tertiary/aromatic N) is 7. The van der Waals surface area contributed by atoms with Crippen LogP contribution in [-0.4, -0.2) is 34.8 Å². The van der Waals surface area contributed by atoms with Gasteiger partial charge in [0.15, 0.2) is 5.65 Å². The first kappa shape index (κ1) is 20.8. The minimum absolute atomic E-state index is 0.147. The van der Waals surface area contributed by atoms with Crippen molar-refractivity contribution in [2.45, 2.75) is 5.92 Å². The second-order valence-corrected chi connectivity index (χ2v) is 8.95. The topological polar surface area (TPSA) is 73.8 Å². The van der Waals surface area contributed by atoms with E-state index in [1.165, 1.54) is 0 Å². The van der Waals surface area contributed by atoms with Crippen molar-refractivity contribution in [2.75, 3.05) is 0 Å². The fourth-order valence-corrected chi connectivity index (χ4v) is 4.71. The third-order valence-corrected chi connectivity index (χ3v) is 6.47. The van der Waals surface area contributed by atoms with Crippen LogP contribution in [0.3, 0.4) is 0 Å². The average Bonchev–Trinajstić information content (AvgIpc) is 3.49. The maximum absolute atomic E-state index is 6.33. The van der Waals surface area contributed by atoms with E-state index in [-0.39, 0.29) is 5.92 Å². The quantitative estimate of drug-likeness (QED) is 0.326. The summed E-state index contributed by atoms with van der Waals surface area (Å²) in [5.74, 6) is 0.681. The van der Waals surface area contributed by atoms with E-state index in [2.05, 4.69) is 37.9 Å². The summed E-state index contributed by atoms with van der Waals surface area (Å²) in [5.41, 5.74) is 5.66. The Hall–Kier alpha value is -3.81. The lowest BCUT2D eigenvalue weighted by atomic mass is 9.88. The minimum Gasteiger partial charge on any atom is -0.320 e. The highest BCUT2D eigenvalue weighted by atomic mass is 35.5. The van der Waals surface area contributed by atoms with E-state index < -0.39 is 0 Å². The first-order valence-electron chi connectivity index (χ1n) is 10.6. The summed E-state index contributed by atoms with van der Waals surface area (Å²) in [4.78, 5) is 0. The van der Waals surface area contributed by atoms with Crippen molar-refractivity contribution >= 4 is 39.8 Å². The highest BCUT2D eigenvalue weighted by molar-refractivity contribution is 6.31. The fraction of sp³-hybridized carbons (Fsp3) is 0.0800. The standard InChI is InChI=1S/C25H17Cl2N7/c1-33-14-28-30-25(33)24(15-5-8-18(26)9-6-15)17-7-10-22-21(12-17)20(13-23-29-31-32-34(22)23)16-3-2-4-19(27)11-16/h2-14,24H,1H3. The molecule has 6 aromatic rings. The molecule has 0 bridgehead atoms. The fourth-order valence-electron chi connectivity index (χ4n) is 4.39. The van der Waals surface area contributed by atoms with Crippen molar-refractivity contribution in [3.05, 3.63) is 106 Å². The molecule has 0 radical (unpaired) electrons. The van der Waals surface area contributed by atoms with Crippen molar-refractivity contribution in [3.8, 4) is 11.1 Å². The predicted molar refractivity (Wildman–Crippen MR) is 132 cm³/mol. The number of aryl methyl sites for hydroxylation is 1. The number of halogens is 2. The Morgan fingerprint density at radius 1 is 0.824 bits per heavy atom. The van der Waals surface area contributed by atoms with Crippen LogP contribution in [0, 0.1) is 0 Å². The maximum atomic E-state index is 6.33. The Morgan fingerprint density at radius 2 is 1.65 bits per heavy atom. The largest absolute Gasteiger partial charge is 0.320 e. The summed E-state index contributed by atoms with van der Waals surface area (Å²) in [6.07, 6.45) is 1.71. The van der Waals surface area contributed by atoms with E-state index in [1.807, 2.05) is 72.3 Å². The lowest BCUT2D eigenvalue weighted by molar-refractivity contribution is 0.762. The van der Waals surface area contributed by atoms with Gasteiger partial charge in [-0.3, -0.25) is 0 Å². The Morgan fingerprint density at radius 3 is 2.41 bits per heavy atom. The summed E-state index contributed by atoms with van der Waals surface area (Å²) >= 11 is 12.5. The van der Waals surface area contributed by atoms with E-state index in [0.29, 0.717) is 15.7 Å². The second kappa shape index (κ2) is 8.20. The molecule has 0 aliphatic carbocycles. The molecule has 3 aromatic carbocycles. The summed E-state index contributed by atoms with van der Waals surface area (Å²) < 4.78 is 3.68. The van der Waals surface area contributed by atoms with Crippen molar-refractivity contribution < 1.29 is 0 Å². The Bertz CT molecular complexity index is 1650. The van der Waals surface area contributed by atoms with E-state index >= 15 is 0 Å². The van der Waals surface area contributed by atoms with Crippen LogP contribution >= 0.6 is 23.2 Å². The molecule has 0 N–H and O–H groups in total. The van der Waals surface area contributed by atoms with Gasteiger partial charge in [0.25, 0.3) is 0 Å². The Kier molecular flexibility index (Phi) is 5.01. The van der Waals surface area contributed by atoms with Gasteiger partial charge in [-0.15, -0.1) is 15.3 Å². The number of pyridine rings is 1. The molecule has 1 atom stereocenters. The van der Waals surface area contributed by atoms with E-state index in [1.54, 1.807) is 10.8 Å². The molecule has 6 rings (SSSR count). The van der Waals surface area contributed by atoms with Gasteiger partial charge in [-0.2, -0.15) is 4.52 Å². The van der Waals surface area contributed by atoms with Gasteiger partial charge in [-0.1, -0.05) is 53.5 Å². The molecule has 0 saturated heterocycles. The Labute approximate surface area is 204 Å². The molecular weight excluding hydrogens is 469 g/mol. The summed E-state index contributed by atoms with van der Waals surface area (Å²) in [7, 11) is 1.95. The van der Waals surface area contributed by atoms with Crippen molar-refractivity contribution in [2.24, 2.45) is 7.05 Å². The Balaban J connectivity index is 1.64. The van der Waals surface area contributed by atoms with Gasteiger partial charge in [-0.25, -0.2) is 0 Å². The van der Waals surface area contributed by atoms with Gasteiger partial charge in [0.2, 0.25) is 0 Å². The number of fused-ring (bicyclic) bond motifs is 3. The molecule has 166 valence electrons. The molecule has 0 aliphatic heterocycles. The van der Waals surface area contributed by atoms with Gasteiger partial charge in [0.05, 0.1) is 11.4 Å². The van der Waals surface area contributed by atoms with Gasteiger partial charge in [-0.05, 0) is 75.1 Å². The van der Waals surface area contributed by atoms with Crippen LogP contribution in [0.1, 0.15) is 22.9 Å². The number of benzene rings is 3. The SMILES string of the molecule is Cn1cnnc1C(c1ccc(Cl)cc1)c1ccc2c(c1)c(-c1cccc(Cl)c1)cc1nnnn12. The third kappa shape index (κ3) is 3.50. The first-order chi connectivity index (χ1) is 16.6. The van der Waals surface area contributed by atoms with E-state index in [9.17, 15) is 0 Å². The molecular formula is C25H17Cl2N7. The van der Waals surface area contributed by atoms with Crippen molar-refractivity contribution in [1.29, 1.82) is 0 Å². The van der Waals surface area contributed by atoms with E-state index in [0.717, 1.165) is 39.0 Å². The van der Waals surface area contributed by atoms with E-state index in [4.69, 9.17) is 23.2 Å². The summed E-state index contributed by atoms with van der Waals surface area (Å²) in [6, 6.07) is 23.9. The molecule has 3 heterocycles. The number of hydrogen-bond donors (Lipinski definition) is 0. The van der Waals surface area contributed by atoms with Crippen LogP contribution in [0.15, 0.2) is 79.1 Å². The summed E-state index contributed by atoms with van der Waals surface area (Å²) in [5, 5.41) is 23.1. The van der Waals surface area contributed by atoms with Crippen molar-refractivity contribution in [1.82, 2.24) is 34.8 Å². The minimum atomic E-state index is -0.147. The normalized spacial score (nSPS) is 12.4. The molecule has 0 fully saturated rings. The predicted octanol–water partition coefficient (Wildman–Crippen LogP) is 5.56. The zero-order chi connectivity index (χ0) is 23.2. The van der Waals surface area contributed by atoms with Crippen molar-refractivity contribution in [3.63, 3.8) is 0 Å². The average molecular weight is 486 g/mol. The van der Waals surface area contributed by atoms with Gasteiger partial charge >= 0.3 is 0 Å². The lowest BCUT2D eigenvalue weighted by Gasteiger charge is -2.19. The molecule has 0 saturated carbocycles. The summed E-state index contributed by atoms with van der Waals surface area (Å²) in [6.45, 7) is 0. The number of rotatable bonds is 4. The van der Waals surface area contributed by atoms with Crippen LogP contribution < -0.4 is 0 Å².